The summed E-state index contributed by atoms with van der Waals surface area (Å²) in [5.41, 5.74) is 1.91. The van der Waals surface area contributed by atoms with Gasteiger partial charge in [0.2, 0.25) is 5.91 Å². The van der Waals surface area contributed by atoms with Gasteiger partial charge in [-0.25, -0.2) is 0 Å². The number of carbonyl (C=O) groups excluding carboxylic acids is 1. The number of hydrogen-bond acceptors (Lipinski definition) is 3. The molecule has 28 heavy (non-hydrogen) atoms. The van der Waals surface area contributed by atoms with Crippen LogP contribution < -0.4 is 0 Å². The average molecular weight is 373 g/mol. The van der Waals surface area contributed by atoms with Crippen LogP contribution in [0, 0.1) is 0 Å². The van der Waals surface area contributed by atoms with E-state index in [1.54, 1.807) is 17.0 Å². The van der Waals surface area contributed by atoms with E-state index in [2.05, 4.69) is 0 Å². The molecule has 142 valence electrons. The Morgan fingerprint density at radius 1 is 0.857 bits per heavy atom. The summed E-state index contributed by atoms with van der Waals surface area (Å²) in [6.45, 7) is 2.62. The van der Waals surface area contributed by atoms with Crippen LogP contribution in [-0.2, 0) is 15.1 Å². The minimum atomic E-state index is -0.911. The topological polar surface area (TPSA) is 49.8 Å². The first-order valence-corrected chi connectivity index (χ1v) is 9.49. The van der Waals surface area contributed by atoms with E-state index in [-0.39, 0.29) is 11.7 Å². The van der Waals surface area contributed by atoms with Gasteiger partial charge >= 0.3 is 0 Å². The number of aromatic hydroxyl groups is 1. The maximum atomic E-state index is 12.0. The number of phenols is 1. The van der Waals surface area contributed by atoms with Crippen LogP contribution in [0.15, 0.2) is 84.9 Å². The number of likely N-dealkylation sites (tertiary alicyclic amines) is 1. The molecule has 3 aromatic rings. The molecule has 0 radical (unpaired) electrons. The first-order chi connectivity index (χ1) is 13.6. The van der Waals surface area contributed by atoms with Gasteiger partial charge in [0.15, 0.2) is 0 Å². The highest BCUT2D eigenvalue weighted by atomic mass is 16.5. The van der Waals surface area contributed by atoms with Crippen LogP contribution in [0.2, 0.25) is 0 Å². The zero-order chi connectivity index (χ0) is 19.6. The third-order valence-electron chi connectivity index (χ3n) is 5.31. The van der Waals surface area contributed by atoms with Gasteiger partial charge in [0.25, 0.3) is 0 Å². The van der Waals surface area contributed by atoms with Crippen LogP contribution >= 0.6 is 0 Å². The van der Waals surface area contributed by atoms with Crippen molar-refractivity contribution in [3.05, 3.63) is 102 Å². The Bertz CT molecular complexity index is 899. The summed E-state index contributed by atoms with van der Waals surface area (Å²) in [5.74, 6) is 0.304. The number of benzene rings is 3. The largest absolute Gasteiger partial charge is 0.508 e. The zero-order valence-electron chi connectivity index (χ0n) is 15.8. The number of amides is 1. The van der Waals surface area contributed by atoms with Crippen LogP contribution in [0.25, 0.3) is 0 Å². The Hall–Kier alpha value is -3.11. The molecular weight excluding hydrogens is 350 g/mol. The van der Waals surface area contributed by atoms with E-state index in [4.69, 9.17) is 4.74 Å². The summed E-state index contributed by atoms with van der Waals surface area (Å²) < 4.78 is 6.73. The normalized spacial score (nSPS) is 15.2. The van der Waals surface area contributed by atoms with Gasteiger partial charge in [0, 0.05) is 13.0 Å². The van der Waals surface area contributed by atoms with E-state index < -0.39 is 11.8 Å². The predicted octanol–water partition coefficient (Wildman–Crippen LogP) is 4.28. The molecule has 0 spiro atoms. The van der Waals surface area contributed by atoms with Gasteiger partial charge in [-0.05, 0) is 35.7 Å². The van der Waals surface area contributed by atoms with E-state index in [9.17, 15) is 9.90 Å². The Morgan fingerprint density at radius 3 is 1.79 bits per heavy atom. The molecule has 0 bridgehead atoms. The minimum absolute atomic E-state index is 0.105. The van der Waals surface area contributed by atoms with Crippen molar-refractivity contribution in [1.82, 2.24) is 4.90 Å². The molecule has 4 rings (SSSR count). The second kappa shape index (κ2) is 7.49. The molecule has 0 aromatic heterocycles. The smallest absolute Gasteiger partial charge is 0.226 e. The van der Waals surface area contributed by atoms with Crippen LogP contribution in [0.3, 0.4) is 0 Å². The molecule has 1 heterocycles. The van der Waals surface area contributed by atoms with Crippen LogP contribution in [0.4, 0.5) is 0 Å². The van der Waals surface area contributed by atoms with Gasteiger partial charge < -0.3 is 14.7 Å². The molecule has 1 aliphatic rings. The zero-order valence-corrected chi connectivity index (χ0v) is 15.8. The summed E-state index contributed by atoms with van der Waals surface area (Å²) in [5, 5.41) is 9.82. The molecular formula is C24H23NO3. The van der Waals surface area contributed by atoms with E-state index in [0.717, 1.165) is 16.7 Å². The molecule has 1 aliphatic heterocycles. The SMILES string of the molecule is CC(OC(c1ccccc1)(c1ccccc1)c1ccc(O)cc1)N1CCC1=O. The lowest BCUT2D eigenvalue weighted by molar-refractivity contribution is -0.170. The van der Waals surface area contributed by atoms with Crippen LogP contribution in [0.5, 0.6) is 5.75 Å². The molecule has 1 fully saturated rings. The van der Waals surface area contributed by atoms with Crippen molar-refractivity contribution in [2.75, 3.05) is 6.54 Å². The quantitative estimate of drug-likeness (QED) is 0.518. The molecule has 1 atom stereocenters. The Morgan fingerprint density at radius 2 is 1.36 bits per heavy atom. The Labute approximate surface area is 165 Å². The lowest BCUT2D eigenvalue weighted by Crippen LogP contribution is -2.52. The van der Waals surface area contributed by atoms with Crippen molar-refractivity contribution < 1.29 is 14.6 Å². The first kappa shape index (κ1) is 18.3. The van der Waals surface area contributed by atoms with Crippen molar-refractivity contribution in [2.24, 2.45) is 0 Å². The van der Waals surface area contributed by atoms with Crippen molar-refractivity contribution in [3.8, 4) is 5.75 Å². The van der Waals surface area contributed by atoms with Crippen molar-refractivity contribution in [1.29, 1.82) is 0 Å². The molecule has 0 saturated carbocycles. The fraction of sp³-hybridized carbons (Fsp3) is 0.208. The van der Waals surface area contributed by atoms with E-state index in [1.165, 1.54) is 0 Å². The standard InChI is InChI=1S/C24H23NO3/c1-18(25-17-16-23(25)27)28-24(19-8-4-2-5-9-19,20-10-6-3-7-11-20)21-12-14-22(26)15-13-21/h2-15,18,26H,16-17H2,1H3. The summed E-state index contributed by atoms with van der Waals surface area (Å²) in [4.78, 5) is 13.8. The highest BCUT2D eigenvalue weighted by Gasteiger charge is 2.42. The monoisotopic (exact) mass is 373 g/mol. The predicted molar refractivity (Wildman–Crippen MR) is 108 cm³/mol. The second-order valence-corrected chi connectivity index (χ2v) is 7.01. The third kappa shape index (κ3) is 3.16. The van der Waals surface area contributed by atoms with Gasteiger partial charge in [-0.3, -0.25) is 4.79 Å². The Balaban J connectivity index is 1.91. The summed E-state index contributed by atoms with van der Waals surface area (Å²) in [7, 11) is 0. The van der Waals surface area contributed by atoms with E-state index >= 15 is 0 Å². The summed E-state index contributed by atoms with van der Waals surface area (Å²) in [6.07, 6.45) is 0.173. The number of hydrogen-bond donors (Lipinski definition) is 1. The fourth-order valence-electron chi connectivity index (χ4n) is 3.78. The molecule has 1 saturated heterocycles. The molecule has 1 unspecified atom stereocenters. The number of ether oxygens (including phenoxy) is 1. The number of nitrogens with zero attached hydrogens (tertiary/aromatic N) is 1. The van der Waals surface area contributed by atoms with Gasteiger partial charge in [0.1, 0.15) is 17.6 Å². The lowest BCUT2D eigenvalue weighted by Gasteiger charge is -2.43. The highest BCUT2D eigenvalue weighted by molar-refractivity contribution is 5.81. The second-order valence-electron chi connectivity index (χ2n) is 7.01. The van der Waals surface area contributed by atoms with Crippen LogP contribution in [-0.4, -0.2) is 28.7 Å². The lowest BCUT2D eigenvalue weighted by atomic mass is 9.80. The Kier molecular flexibility index (Phi) is 4.88. The van der Waals surface area contributed by atoms with Crippen molar-refractivity contribution in [2.45, 2.75) is 25.2 Å². The van der Waals surface area contributed by atoms with Gasteiger partial charge in [0.05, 0.1) is 0 Å². The fourth-order valence-corrected chi connectivity index (χ4v) is 3.78. The molecule has 0 aliphatic carbocycles. The molecule has 1 N–H and O–H groups in total. The number of carbonyl (C=O) groups is 1. The first-order valence-electron chi connectivity index (χ1n) is 9.49. The average Bonchev–Trinajstić information content (AvgIpc) is 2.73. The van der Waals surface area contributed by atoms with Crippen molar-refractivity contribution >= 4 is 5.91 Å². The maximum Gasteiger partial charge on any atom is 0.226 e. The molecule has 3 aromatic carbocycles. The van der Waals surface area contributed by atoms with Gasteiger partial charge in [-0.1, -0.05) is 72.8 Å². The van der Waals surface area contributed by atoms with Gasteiger partial charge in [-0.15, -0.1) is 0 Å². The highest BCUT2D eigenvalue weighted by Crippen LogP contribution is 2.42. The molecule has 4 heteroatoms. The summed E-state index contributed by atoms with van der Waals surface area (Å²) >= 11 is 0. The van der Waals surface area contributed by atoms with Crippen LogP contribution in [0.1, 0.15) is 30.0 Å². The summed E-state index contributed by atoms with van der Waals surface area (Å²) in [6, 6.07) is 27.1. The van der Waals surface area contributed by atoms with Gasteiger partial charge in [-0.2, -0.15) is 0 Å². The minimum Gasteiger partial charge on any atom is -0.508 e. The van der Waals surface area contributed by atoms with E-state index in [1.807, 2.05) is 79.7 Å². The van der Waals surface area contributed by atoms with Crippen molar-refractivity contribution in [3.63, 3.8) is 0 Å². The number of phenolic OH excluding ortho intramolecular Hbond substituents is 1. The number of rotatable bonds is 6. The molecule has 4 nitrogen and oxygen atoms in total. The van der Waals surface area contributed by atoms with E-state index in [0.29, 0.717) is 13.0 Å². The number of β-lactam (4-membered cyclic amide) rings is 1. The molecule has 1 amide bonds. The maximum absolute atomic E-state index is 12.0. The third-order valence-corrected chi connectivity index (χ3v) is 5.31.